The summed E-state index contributed by atoms with van der Waals surface area (Å²) in [6.45, 7) is 7.03. The Labute approximate surface area is 135 Å². The van der Waals surface area contributed by atoms with Gasteiger partial charge in [-0.2, -0.15) is 0 Å². The van der Waals surface area contributed by atoms with Crippen molar-refractivity contribution in [2.24, 2.45) is 0 Å². The zero-order valence-corrected chi connectivity index (χ0v) is 13.6. The maximum absolute atomic E-state index is 11.5. The van der Waals surface area contributed by atoms with Crippen LogP contribution in [0.15, 0.2) is 12.1 Å². The lowest BCUT2D eigenvalue weighted by molar-refractivity contribution is -0.128. The summed E-state index contributed by atoms with van der Waals surface area (Å²) in [6, 6.07) is 3.96. The predicted octanol–water partition coefficient (Wildman–Crippen LogP) is 2.17. The Morgan fingerprint density at radius 2 is 2.00 bits per heavy atom. The van der Waals surface area contributed by atoms with Crippen molar-refractivity contribution >= 4 is 17.5 Å². The van der Waals surface area contributed by atoms with Crippen LogP contribution in [0.3, 0.4) is 0 Å². The Balaban J connectivity index is 1.68. The molecule has 0 aliphatic carbocycles. The van der Waals surface area contributed by atoms with E-state index in [1.807, 2.05) is 17.0 Å². The number of rotatable bonds is 2. The van der Waals surface area contributed by atoms with Crippen LogP contribution in [0.4, 0.5) is 0 Å². The van der Waals surface area contributed by atoms with Crippen molar-refractivity contribution in [3.63, 3.8) is 0 Å². The summed E-state index contributed by atoms with van der Waals surface area (Å²) in [5.41, 5.74) is 1.12. The van der Waals surface area contributed by atoms with E-state index in [0.29, 0.717) is 24.0 Å². The lowest BCUT2D eigenvalue weighted by Gasteiger charge is -2.23. The molecule has 0 unspecified atom stereocenters. The molecule has 2 aliphatic heterocycles. The minimum Gasteiger partial charge on any atom is -0.486 e. The number of hydrogen-bond donors (Lipinski definition) is 0. The molecular formula is C16H21ClN2O3. The quantitative estimate of drug-likeness (QED) is 0.836. The van der Waals surface area contributed by atoms with Gasteiger partial charge in [0.25, 0.3) is 0 Å². The van der Waals surface area contributed by atoms with Crippen LogP contribution in [0, 0.1) is 0 Å². The van der Waals surface area contributed by atoms with Crippen LogP contribution in [0.2, 0.25) is 5.02 Å². The minimum absolute atomic E-state index is 0.157. The second kappa shape index (κ2) is 6.75. The smallest absolute Gasteiger partial charge is 0.219 e. The number of ether oxygens (including phenoxy) is 2. The molecule has 3 rings (SSSR count). The second-order valence-corrected chi connectivity index (χ2v) is 6.14. The van der Waals surface area contributed by atoms with Gasteiger partial charge in [0.05, 0.1) is 5.02 Å². The summed E-state index contributed by atoms with van der Waals surface area (Å²) in [4.78, 5) is 15.7. The van der Waals surface area contributed by atoms with Gasteiger partial charge in [-0.15, -0.1) is 0 Å². The number of hydrogen-bond acceptors (Lipinski definition) is 4. The number of benzene rings is 1. The van der Waals surface area contributed by atoms with E-state index in [4.69, 9.17) is 21.1 Å². The maximum atomic E-state index is 11.5. The average Bonchev–Trinajstić information content (AvgIpc) is 2.73. The average molecular weight is 325 g/mol. The third-order valence-corrected chi connectivity index (χ3v) is 4.38. The molecular weight excluding hydrogens is 304 g/mol. The zero-order valence-electron chi connectivity index (χ0n) is 12.8. The topological polar surface area (TPSA) is 42.0 Å². The van der Waals surface area contributed by atoms with Crippen LogP contribution in [0.5, 0.6) is 11.5 Å². The first-order chi connectivity index (χ1) is 10.6. The summed E-state index contributed by atoms with van der Waals surface area (Å²) in [7, 11) is 0. The molecule has 0 aromatic heterocycles. The number of carbonyl (C=O) groups excluding carboxylic acids is 1. The van der Waals surface area contributed by atoms with Crippen molar-refractivity contribution in [3.05, 3.63) is 22.7 Å². The highest BCUT2D eigenvalue weighted by Gasteiger charge is 2.20. The van der Waals surface area contributed by atoms with Gasteiger partial charge in [-0.25, -0.2) is 0 Å². The van der Waals surface area contributed by atoms with Crippen LogP contribution >= 0.6 is 11.6 Å². The van der Waals surface area contributed by atoms with Gasteiger partial charge >= 0.3 is 0 Å². The molecule has 2 heterocycles. The Bertz CT molecular complexity index is 565. The van der Waals surface area contributed by atoms with Gasteiger partial charge in [0, 0.05) is 39.6 Å². The molecule has 0 saturated carbocycles. The van der Waals surface area contributed by atoms with Crippen LogP contribution in [0.1, 0.15) is 18.9 Å². The molecule has 0 atom stereocenters. The molecule has 1 fully saturated rings. The van der Waals surface area contributed by atoms with Crippen LogP contribution in [-0.2, 0) is 11.3 Å². The highest BCUT2D eigenvalue weighted by molar-refractivity contribution is 6.32. The predicted molar refractivity (Wildman–Crippen MR) is 84.6 cm³/mol. The van der Waals surface area contributed by atoms with Gasteiger partial charge in [0.2, 0.25) is 5.91 Å². The highest BCUT2D eigenvalue weighted by atomic mass is 35.5. The normalized spacial score (nSPS) is 18.9. The van der Waals surface area contributed by atoms with Crippen molar-refractivity contribution in [2.45, 2.75) is 19.9 Å². The molecule has 0 spiro atoms. The SMILES string of the molecule is CC(=O)N1CCCN(Cc2cc(Cl)c3c(c2)OCCO3)CC1. The van der Waals surface area contributed by atoms with Gasteiger partial charge < -0.3 is 14.4 Å². The van der Waals surface area contributed by atoms with Crippen molar-refractivity contribution in [1.82, 2.24) is 9.80 Å². The monoisotopic (exact) mass is 324 g/mol. The third kappa shape index (κ3) is 3.47. The summed E-state index contributed by atoms with van der Waals surface area (Å²) in [6.07, 6.45) is 0.998. The van der Waals surface area contributed by atoms with E-state index in [1.165, 1.54) is 0 Å². The van der Waals surface area contributed by atoms with E-state index in [9.17, 15) is 4.79 Å². The summed E-state index contributed by atoms with van der Waals surface area (Å²) < 4.78 is 11.2. The largest absolute Gasteiger partial charge is 0.486 e. The molecule has 1 saturated heterocycles. The molecule has 1 aromatic rings. The second-order valence-electron chi connectivity index (χ2n) is 5.74. The third-order valence-electron chi connectivity index (χ3n) is 4.10. The Hall–Kier alpha value is -1.46. The molecule has 5 nitrogen and oxygen atoms in total. The fraction of sp³-hybridized carbons (Fsp3) is 0.562. The number of fused-ring (bicyclic) bond motifs is 1. The van der Waals surface area contributed by atoms with Crippen molar-refractivity contribution in [2.75, 3.05) is 39.4 Å². The van der Waals surface area contributed by atoms with E-state index in [0.717, 1.165) is 50.5 Å². The Morgan fingerprint density at radius 1 is 1.18 bits per heavy atom. The van der Waals surface area contributed by atoms with E-state index in [-0.39, 0.29) is 5.91 Å². The lowest BCUT2D eigenvalue weighted by atomic mass is 10.1. The Morgan fingerprint density at radius 3 is 2.82 bits per heavy atom. The highest BCUT2D eigenvalue weighted by Crippen LogP contribution is 2.38. The first-order valence-corrected chi connectivity index (χ1v) is 8.07. The fourth-order valence-corrected chi connectivity index (χ4v) is 3.25. The van der Waals surface area contributed by atoms with Crippen LogP contribution in [-0.4, -0.2) is 55.1 Å². The van der Waals surface area contributed by atoms with Gasteiger partial charge in [-0.05, 0) is 24.1 Å². The number of carbonyl (C=O) groups is 1. The van der Waals surface area contributed by atoms with E-state index in [2.05, 4.69) is 4.90 Å². The summed E-state index contributed by atoms with van der Waals surface area (Å²) >= 11 is 6.29. The molecule has 0 bridgehead atoms. The molecule has 6 heteroatoms. The summed E-state index contributed by atoms with van der Waals surface area (Å²) in [5.74, 6) is 1.54. The number of amides is 1. The first-order valence-electron chi connectivity index (χ1n) is 7.69. The lowest BCUT2D eigenvalue weighted by Crippen LogP contribution is -2.33. The molecule has 2 aliphatic rings. The fourth-order valence-electron chi connectivity index (χ4n) is 2.96. The van der Waals surface area contributed by atoms with Gasteiger partial charge in [0.1, 0.15) is 13.2 Å². The minimum atomic E-state index is 0.157. The Kier molecular flexibility index (Phi) is 4.74. The van der Waals surface area contributed by atoms with Gasteiger partial charge in [-0.1, -0.05) is 11.6 Å². The zero-order chi connectivity index (χ0) is 15.5. The molecule has 1 amide bonds. The van der Waals surface area contributed by atoms with Crippen molar-refractivity contribution in [3.8, 4) is 11.5 Å². The van der Waals surface area contributed by atoms with Crippen molar-refractivity contribution in [1.29, 1.82) is 0 Å². The number of nitrogens with zero attached hydrogens (tertiary/aromatic N) is 2. The molecule has 1 aromatic carbocycles. The van der Waals surface area contributed by atoms with E-state index in [1.54, 1.807) is 6.92 Å². The number of halogens is 1. The van der Waals surface area contributed by atoms with Crippen molar-refractivity contribution < 1.29 is 14.3 Å². The molecule has 22 heavy (non-hydrogen) atoms. The van der Waals surface area contributed by atoms with Gasteiger partial charge in [0.15, 0.2) is 11.5 Å². The van der Waals surface area contributed by atoms with Gasteiger partial charge in [-0.3, -0.25) is 9.69 Å². The standard InChI is InChI=1S/C16H21ClN2O3/c1-12(20)19-4-2-3-18(5-6-19)11-13-9-14(17)16-15(10-13)21-7-8-22-16/h9-10H,2-8,11H2,1H3. The van der Waals surface area contributed by atoms with E-state index < -0.39 is 0 Å². The molecule has 0 N–H and O–H groups in total. The van der Waals surface area contributed by atoms with Crippen LogP contribution in [0.25, 0.3) is 0 Å². The van der Waals surface area contributed by atoms with E-state index >= 15 is 0 Å². The van der Waals surface area contributed by atoms with Crippen LogP contribution < -0.4 is 9.47 Å². The molecule has 120 valence electrons. The first kappa shape index (κ1) is 15.4. The summed E-state index contributed by atoms with van der Waals surface area (Å²) in [5, 5.41) is 0.604. The maximum Gasteiger partial charge on any atom is 0.219 e. The molecule has 0 radical (unpaired) electrons.